The second kappa shape index (κ2) is 12.3. The van der Waals surface area contributed by atoms with Crippen LogP contribution in [0.5, 0.6) is 5.75 Å². The van der Waals surface area contributed by atoms with Gasteiger partial charge in [-0.05, 0) is 59.2 Å². The fraction of sp³-hybridized carbons (Fsp3) is 0.389. The van der Waals surface area contributed by atoms with E-state index in [4.69, 9.17) is 4.74 Å². The van der Waals surface area contributed by atoms with E-state index in [2.05, 4.69) is 33.0 Å². The number of aliphatic hydroxyl groups excluding tert-OH is 1. The van der Waals surface area contributed by atoms with Crippen molar-refractivity contribution < 1.29 is 29.0 Å². The first-order chi connectivity index (χ1) is 21.9. The molecule has 2 aromatic carbocycles. The lowest BCUT2D eigenvalue weighted by Gasteiger charge is -2.42. The van der Waals surface area contributed by atoms with Crippen LogP contribution in [0.15, 0.2) is 88.0 Å². The van der Waals surface area contributed by atoms with Crippen molar-refractivity contribution in [2.75, 3.05) is 26.3 Å². The van der Waals surface area contributed by atoms with E-state index < -0.39 is 23.7 Å². The molecule has 0 spiro atoms. The van der Waals surface area contributed by atoms with Gasteiger partial charge in [-0.25, -0.2) is 0 Å². The Hall–Kier alpha value is -3.66. The lowest BCUT2D eigenvalue weighted by atomic mass is 9.59. The summed E-state index contributed by atoms with van der Waals surface area (Å²) >= 11 is 3.29. The summed E-state index contributed by atoms with van der Waals surface area (Å²) in [6.45, 7) is 2.35. The number of hydrogen-bond donors (Lipinski definition) is 1. The van der Waals surface area contributed by atoms with Crippen molar-refractivity contribution in [1.82, 2.24) is 9.80 Å². The summed E-state index contributed by atoms with van der Waals surface area (Å²) in [5.41, 5.74) is 3.65. The largest absolute Gasteiger partial charge is 0.491 e. The predicted octanol–water partition coefficient (Wildman–Crippen LogP) is 4.48. The predicted molar refractivity (Wildman–Crippen MR) is 170 cm³/mol. The van der Waals surface area contributed by atoms with Gasteiger partial charge in [0.15, 0.2) is 11.6 Å². The van der Waals surface area contributed by atoms with Gasteiger partial charge in [0.05, 0.1) is 22.9 Å². The van der Waals surface area contributed by atoms with Crippen molar-refractivity contribution >= 4 is 39.3 Å². The van der Waals surface area contributed by atoms with Gasteiger partial charge in [0.1, 0.15) is 12.4 Å². The summed E-state index contributed by atoms with van der Waals surface area (Å²) in [4.78, 5) is 59.3. The van der Waals surface area contributed by atoms with Gasteiger partial charge in [-0.1, -0.05) is 60.2 Å². The Bertz CT molecular complexity index is 1650. The average molecular weight is 672 g/mol. The molecule has 7 rings (SSSR count). The Morgan fingerprint density at radius 3 is 2.40 bits per heavy atom. The standard InChI is InChI=1S/C36H35BrN2O6/c37-28-19-29(41)33-27(34(28)42)18-26-23(31(33)24-8-4-5-9-30(24)45-17-16-40)10-11-25-32(26)36(44)39(35(25)43)22-12-14-38(15-13-22)20-21-6-2-1-3-7-21/h1-10,19,22,25-26,31-32,40H,11-18,20H2/t25-,26+,31+,32-/m0/s1. The highest BCUT2D eigenvalue weighted by atomic mass is 79.9. The lowest BCUT2D eigenvalue weighted by molar-refractivity contribution is -0.144. The third kappa shape index (κ3) is 5.24. The molecule has 232 valence electrons. The molecule has 0 bridgehead atoms. The van der Waals surface area contributed by atoms with Crippen LogP contribution in [-0.2, 0) is 25.7 Å². The lowest BCUT2D eigenvalue weighted by Crippen LogP contribution is -2.47. The highest BCUT2D eigenvalue weighted by molar-refractivity contribution is 9.12. The van der Waals surface area contributed by atoms with E-state index in [9.17, 15) is 24.3 Å². The van der Waals surface area contributed by atoms with Crippen molar-refractivity contribution in [3.63, 3.8) is 0 Å². The summed E-state index contributed by atoms with van der Waals surface area (Å²) in [6, 6.07) is 17.5. The molecule has 0 aromatic heterocycles. The van der Waals surface area contributed by atoms with Crippen molar-refractivity contribution in [2.24, 2.45) is 17.8 Å². The van der Waals surface area contributed by atoms with Gasteiger partial charge in [-0.15, -0.1) is 0 Å². The molecule has 3 aliphatic carbocycles. The number of ketones is 2. The maximum Gasteiger partial charge on any atom is 0.233 e. The van der Waals surface area contributed by atoms with Crippen molar-refractivity contribution in [3.8, 4) is 5.75 Å². The van der Waals surface area contributed by atoms with Crippen LogP contribution < -0.4 is 4.74 Å². The van der Waals surface area contributed by atoms with Gasteiger partial charge in [-0.3, -0.25) is 29.0 Å². The van der Waals surface area contributed by atoms with Crippen LogP contribution in [0, 0.1) is 17.8 Å². The number of halogens is 1. The first-order valence-electron chi connectivity index (χ1n) is 15.7. The Balaban J connectivity index is 1.19. The van der Waals surface area contributed by atoms with E-state index in [-0.39, 0.29) is 53.5 Å². The number of aliphatic hydroxyl groups is 1. The van der Waals surface area contributed by atoms with E-state index in [1.807, 2.05) is 42.5 Å². The molecule has 2 aliphatic heterocycles. The van der Waals surface area contributed by atoms with Crippen molar-refractivity contribution in [1.29, 1.82) is 0 Å². The van der Waals surface area contributed by atoms with Gasteiger partial charge in [-0.2, -0.15) is 0 Å². The summed E-state index contributed by atoms with van der Waals surface area (Å²) in [5.74, 6) is -2.33. The van der Waals surface area contributed by atoms with Crippen molar-refractivity contribution in [2.45, 2.75) is 44.2 Å². The molecule has 2 aromatic rings. The van der Waals surface area contributed by atoms with E-state index in [1.165, 1.54) is 11.6 Å². The molecule has 0 radical (unpaired) electrons. The fourth-order valence-electron chi connectivity index (χ4n) is 8.13. The Labute approximate surface area is 270 Å². The number of ether oxygens (including phenoxy) is 1. The summed E-state index contributed by atoms with van der Waals surface area (Å²) < 4.78 is 6.10. The summed E-state index contributed by atoms with van der Waals surface area (Å²) in [5, 5.41) is 9.45. The molecule has 2 saturated heterocycles. The first kappa shape index (κ1) is 30.0. The zero-order chi connectivity index (χ0) is 31.2. The number of benzene rings is 2. The minimum absolute atomic E-state index is 0.0766. The number of rotatable bonds is 7. The SMILES string of the molecule is O=C1C=C(Br)C(=O)C2=C1[C@@H](c1ccccc1OCCO)C1=CC[C@@H]3C(=O)N(C4CCN(Cc5ccccc5)CC4)C(=O)[C@@H]3[C@@H]1C2. The molecular formula is C36H35BrN2O6. The van der Waals surface area contributed by atoms with Gasteiger partial charge >= 0.3 is 0 Å². The molecule has 5 aliphatic rings. The van der Waals surface area contributed by atoms with Crippen LogP contribution in [0.3, 0.4) is 0 Å². The van der Waals surface area contributed by atoms with Crippen LogP contribution in [0.4, 0.5) is 0 Å². The number of carbonyl (C=O) groups is 4. The minimum atomic E-state index is -0.596. The smallest absolute Gasteiger partial charge is 0.233 e. The molecular weight excluding hydrogens is 636 g/mol. The molecule has 45 heavy (non-hydrogen) atoms. The topological polar surface area (TPSA) is 104 Å². The Morgan fingerprint density at radius 1 is 0.911 bits per heavy atom. The number of Topliss-reactive ketones (excluding diaryl/α,β-unsaturated/α-hetero) is 1. The fourth-order valence-corrected chi connectivity index (χ4v) is 8.58. The highest BCUT2D eigenvalue weighted by Crippen LogP contribution is 2.56. The van der Waals surface area contributed by atoms with E-state index in [0.29, 0.717) is 28.9 Å². The van der Waals surface area contributed by atoms with Crippen LogP contribution in [0.2, 0.25) is 0 Å². The maximum absolute atomic E-state index is 14.3. The molecule has 4 atom stereocenters. The number of imide groups is 1. The number of allylic oxidation sites excluding steroid dienone is 6. The Kier molecular flexibility index (Phi) is 8.18. The van der Waals surface area contributed by atoms with E-state index in [1.54, 1.807) is 11.0 Å². The third-order valence-electron chi connectivity index (χ3n) is 10.1. The number of amides is 2. The zero-order valence-electron chi connectivity index (χ0n) is 24.9. The maximum atomic E-state index is 14.3. The van der Waals surface area contributed by atoms with Crippen LogP contribution in [-0.4, -0.2) is 70.6 Å². The second-order valence-electron chi connectivity index (χ2n) is 12.5. The Morgan fingerprint density at radius 2 is 1.64 bits per heavy atom. The number of fused-ring (bicyclic) bond motifs is 3. The van der Waals surface area contributed by atoms with Crippen molar-refractivity contribution in [3.05, 3.63) is 99.1 Å². The third-order valence-corrected chi connectivity index (χ3v) is 10.7. The van der Waals surface area contributed by atoms with Crippen LogP contribution in [0.1, 0.15) is 42.7 Å². The number of likely N-dealkylation sites (tertiary alicyclic amines) is 2. The van der Waals surface area contributed by atoms with Gasteiger partial charge in [0.2, 0.25) is 11.8 Å². The van der Waals surface area contributed by atoms with Gasteiger partial charge < -0.3 is 9.84 Å². The van der Waals surface area contributed by atoms with Gasteiger partial charge in [0, 0.05) is 54.4 Å². The highest BCUT2D eigenvalue weighted by Gasteiger charge is 2.57. The second-order valence-corrected chi connectivity index (χ2v) is 13.4. The van der Waals surface area contributed by atoms with Crippen LogP contribution in [0.25, 0.3) is 0 Å². The average Bonchev–Trinajstić information content (AvgIpc) is 3.32. The van der Waals surface area contributed by atoms with E-state index in [0.717, 1.165) is 38.0 Å². The number of para-hydroxylation sites is 1. The van der Waals surface area contributed by atoms with Gasteiger partial charge in [0.25, 0.3) is 0 Å². The number of piperidine rings is 1. The molecule has 8 nitrogen and oxygen atoms in total. The quantitative estimate of drug-likeness (QED) is 0.263. The zero-order valence-corrected chi connectivity index (χ0v) is 26.4. The molecule has 0 saturated carbocycles. The van der Waals surface area contributed by atoms with E-state index >= 15 is 0 Å². The molecule has 9 heteroatoms. The molecule has 1 N–H and O–H groups in total. The molecule has 2 amide bonds. The minimum Gasteiger partial charge on any atom is -0.491 e. The van der Waals surface area contributed by atoms with Crippen LogP contribution >= 0.6 is 15.9 Å². The molecule has 2 heterocycles. The summed E-state index contributed by atoms with van der Waals surface area (Å²) in [7, 11) is 0. The molecule has 2 fully saturated rings. The normalized spacial score (nSPS) is 27.2. The summed E-state index contributed by atoms with van der Waals surface area (Å²) in [6.07, 6.45) is 5.46. The first-order valence-corrected chi connectivity index (χ1v) is 16.5. The number of hydrogen-bond acceptors (Lipinski definition) is 7. The molecule has 0 unspecified atom stereocenters. The number of carbonyl (C=O) groups excluding carboxylic acids is 4. The monoisotopic (exact) mass is 670 g/mol. The number of nitrogens with zero attached hydrogens (tertiary/aromatic N) is 2.